The molecule has 16 heavy (non-hydrogen) atoms. The average molecular weight is 212 g/mol. The first kappa shape index (κ1) is 10.6. The molecule has 0 aliphatic rings. The van der Waals surface area contributed by atoms with Crippen LogP contribution in [0.3, 0.4) is 0 Å². The van der Waals surface area contributed by atoms with Crippen LogP contribution in [0.2, 0.25) is 0 Å². The highest BCUT2D eigenvalue weighted by Crippen LogP contribution is 2.26. The predicted octanol–water partition coefficient (Wildman–Crippen LogP) is 3.78. The van der Waals surface area contributed by atoms with Crippen LogP contribution in [0.15, 0.2) is 48.5 Å². The number of para-hydroxylation sites is 3. The Morgan fingerprint density at radius 3 is 1.94 bits per heavy atom. The van der Waals surface area contributed by atoms with Crippen LogP contribution in [0, 0.1) is 6.92 Å². The maximum Gasteiger partial charge on any atom is 0.0619 e. The molecule has 0 unspecified atom stereocenters. The molecule has 0 bridgehead atoms. The number of aryl methyl sites for hydroxylation is 1. The molecule has 2 heteroatoms. The van der Waals surface area contributed by atoms with Gasteiger partial charge in [-0.2, -0.15) is 0 Å². The van der Waals surface area contributed by atoms with Crippen LogP contribution >= 0.6 is 0 Å². The second-order valence-corrected chi connectivity index (χ2v) is 3.74. The monoisotopic (exact) mass is 212 g/mol. The molecule has 0 heterocycles. The molecule has 2 aromatic rings. The molecule has 82 valence electrons. The lowest BCUT2D eigenvalue weighted by Crippen LogP contribution is -1.97. The quantitative estimate of drug-likeness (QED) is 0.809. The molecule has 0 saturated carbocycles. The van der Waals surface area contributed by atoms with Gasteiger partial charge in [0.2, 0.25) is 0 Å². The van der Waals surface area contributed by atoms with Gasteiger partial charge in [0.25, 0.3) is 0 Å². The lowest BCUT2D eigenvalue weighted by molar-refractivity contribution is 1.42. The second-order valence-electron chi connectivity index (χ2n) is 3.74. The number of hydrogen-bond donors (Lipinski definition) is 2. The van der Waals surface area contributed by atoms with Crippen molar-refractivity contribution in [2.75, 3.05) is 17.7 Å². The van der Waals surface area contributed by atoms with Gasteiger partial charge in [0, 0.05) is 12.7 Å². The first-order valence-corrected chi connectivity index (χ1v) is 5.40. The minimum Gasteiger partial charge on any atom is -0.386 e. The molecular formula is C14H16N2. The summed E-state index contributed by atoms with van der Waals surface area (Å²) in [5.74, 6) is 0. The van der Waals surface area contributed by atoms with E-state index in [1.165, 1.54) is 5.56 Å². The van der Waals surface area contributed by atoms with Crippen LogP contribution < -0.4 is 10.6 Å². The van der Waals surface area contributed by atoms with Gasteiger partial charge in [-0.25, -0.2) is 0 Å². The van der Waals surface area contributed by atoms with Crippen molar-refractivity contribution >= 4 is 17.1 Å². The van der Waals surface area contributed by atoms with Crippen molar-refractivity contribution < 1.29 is 0 Å². The maximum absolute atomic E-state index is 3.43. The second kappa shape index (κ2) is 4.71. The largest absolute Gasteiger partial charge is 0.386 e. The highest BCUT2D eigenvalue weighted by Gasteiger charge is 2.01. The lowest BCUT2D eigenvalue weighted by Gasteiger charge is -2.13. The van der Waals surface area contributed by atoms with Gasteiger partial charge in [-0.3, -0.25) is 0 Å². The fourth-order valence-corrected chi connectivity index (χ4v) is 1.67. The van der Waals surface area contributed by atoms with Crippen LogP contribution in [-0.4, -0.2) is 7.05 Å². The van der Waals surface area contributed by atoms with E-state index < -0.39 is 0 Å². The zero-order chi connectivity index (χ0) is 11.4. The molecule has 0 spiro atoms. The van der Waals surface area contributed by atoms with Crippen molar-refractivity contribution in [3.8, 4) is 0 Å². The normalized spacial score (nSPS) is 9.88. The summed E-state index contributed by atoms with van der Waals surface area (Å²) in [6.45, 7) is 2.10. The van der Waals surface area contributed by atoms with E-state index in [-0.39, 0.29) is 0 Å². The highest BCUT2D eigenvalue weighted by atomic mass is 14.9. The summed E-state index contributed by atoms with van der Waals surface area (Å²) >= 11 is 0. The molecule has 0 aliphatic heterocycles. The molecule has 0 saturated heterocycles. The average Bonchev–Trinajstić information content (AvgIpc) is 2.33. The molecule has 0 fully saturated rings. The number of nitrogens with one attached hydrogen (secondary N) is 2. The molecule has 0 aromatic heterocycles. The van der Waals surface area contributed by atoms with E-state index in [9.17, 15) is 0 Å². The minimum absolute atomic E-state index is 1.10. The fourth-order valence-electron chi connectivity index (χ4n) is 1.67. The summed E-state index contributed by atoms with van der Waals surface area (Å²) < 4.78 is 0. The number of hydrogen-bond acceptors (Lipinski definition) is 2. The zero-order valence-electron chi connectivity index (χ0n) is 9.62. The third kappa shape index (κ3) is 2.16. The fraction of sp³-hybridized carbons (Fsp3) is 0.143. The molecule has 0 atom stereocenters. The Balaban J connectivity index is 2.30. The molecule has 2 aromatic carbocycles. The van der Waals surface area contributed by atoms with Crippen molar-refractivity contribution in [1.29, 1.82) is 0 Å². The van der Waals surface area contributed by atoms with Gasteiger partial charge < -0.3 is 10.6 Å². The van der Waals surface area contributed by atoms with E-state index in [1.807, 2.05) is 31.3 Å². The maximum atomic E-state index is 3.43. The molecule has 2 rings (SSSR count). The van der Waals surface area contributed by atoms with Crippen molar-refractivity contribution in [3.05, 3.63) is 54.1 Å². The Hall–Kier alpha value is -1.96. The Morgan fingerprint density at radius 1 is 0.750 bits per heavy atom. The van der Waals surface area contributed by atoms with Crippen LogP contribution in [0.5, 0.6) is 0 Å². The van der Waals surface area contributed by atoms with Gasteiger partial charge >= 0.3 is 0 Å². The van der Waals surface area contributed by atoms with Gasteiger partial charge in [0.15, 0.2) is 0 Å². The smallest absolute Gasteiger partial charge is 0.0619 e. The van der Waals surface area contributed by atoms with Crippen molar-refractivity contribution in [2.45, 2.75) is 6.92 Å². The Kier molecular flexibility index (Phi) is 3.10. The van der Waals surface area contributed by atoms with Crippen LogP contribution in [0.25, 0.3) is 0 Å². The zero-order valence-corrected chi connectivity index (χ0v) is 9.62. The van der Waals surface area contributed by atoms with Gasteiger partial charge in [-0.15, -0.1) is 0 Å². The van der Waals surface area contributed by atoms with E-state index in [1.54, 1.807) is 0 Å². The van der Waals surface area contributed by atoms with E-state index in [0.29, 0.717) is 0 Å². The highest BCUT2D eigenvalue weighted by molar-refractivity contribution is 5.75. The lowest BCUT2D eigenvalue weighted by atomic mass is 10.2. The third-order valence-electron chi connectivity index (χ3n) is 2.61. The Bertz CT molecular complexity index is 478. The molecular weight excluding hydrogens is 196 g/mol. The number of rotatable bonds is 3. The van der Waals surface area contributed by atoms with Crippen molar-refractivity contribution in [2.24, 2.45) is 0 Å². The number of anilines is 3. The minimum atomic E-state index is 1.10. The summed E-state index contributed by atoms with van der Waals surface area (Å²) in [6, 6.07) is 16.4. The first-order valence-electron chi connectivity index (χ1n) is 5.40. The van der Waals surface area contributed by atoms with E-state index in [0.717, 1.165) is 17.1 Å². The van der Waals surface area contributed by atoms with Crippen LogP contribution in [0.1, 0.15) is 5.56 Å². The Labute approximate surface area is 96.3 Å². The summed E-state index contributed by atoms with van der Waals surface area (Å²) in [5.41, 5.74) is 4.59. The molecule has 0 amide bonds. The summed E-state index contributed by atoms with van der Waals surface area (Å²) in [6.07, 6.45) is 0. The first-order chi connectivity index (χ1) is 7.81. The summed E-state index contributed by atoms with van der Waals surface area (Å²) in [4.78, 5) is 0. The Morgan fingerprint density at radius 2 is 1.31 bits per heavy atom. The standard InChI is InChI=1S/C14H16N2/c1-11-7-3-4-8-12(11)16-14-10-6-5-9-13(14)15-2/h3-10,15-16H,1-2H3. The van der Waals surface area contributed by atoms with Crippen LogP contribution in [-0.2, 0) is 0 Å². The van der Waals surface area contributed by atoms with E-state index in [2.05, 4.69) is 41.8 Å². The van der Waals surface area contributed by atoms with Gasteiger partial charge in [-0.05, 0) is 30.7 Å². The molecule has 2 N–H and O–H groups in total. The van der Waals surface area contributed by atoms with E-state index >= 15 is 0 Å². The molecule has 0 radical (unpaired) electrons. The van der Waals surface area contributed by atoms with Crippen molar-refractivity contribution in [3.63, 3.8) is 0 Å². The summed E-state index contributed by atoms with van der Waals surface area (Å²) in [7, 11) is 1.93. The van der Waals surface area contributed by atoms with E-state index in [4.69, 9.17) is 0 Å². The predicted molar refractivity (Wildman–Crippen MR) is 70.5 cm³/mol. The summed E-state index contributed by atoms with van der Waals surface area (Å²) in [5, 5.41) is 6.60. The van der Waals surface area contributed by atoms with Gasteiger partial charge in [0.05, 0.1) is 11.4 Å². The molecule has 2 nitrogen and oxygen atoms in total. The van der Waals surface area contributed by atoms with Gasteiger partial charge in [0.1, 0.15) is 0 Å². The van der Waals surface area contributed by atoms with Crippen molar-refractivity contribution in [1.82, 2.24) is 0 Å². The van der Waals surface area contributed by atoms with Crippen LogP contribution in [0.4, 0.5) is 17.1 Å². The SMILES string of the molecule is CNc1ccccc1Nc1ccccc1C. The molecule has 0 aliphatic carbocycles. The third-order valence-corrected chi connectivity index (χ3v) is 2.61. The topological polar surface area (TPSA) is 24.1 Å². The number of benzene rings is 2. The van der Waals surface area contributed by atoms with Gasteiger partial charge in [-0.1, -0.05) is 30.3 Å².